The summed E-state index contributed by atoms with van der Waals surface area (Å²) in [5, 5.41) is 0.412. The second kappa shape index (κ2) is 8.00. The molecule has 0 aliphatic carbocycles. The highest BCUT2D eigenvalue weighted by Gasteiger charge is 2.03. The number of anilines is 1. The van der Waals surface area contributed by atoms with Crippen molar-refractivity contribution < 1.29 is 14.3 Å². The molecule has 8 heteroatoms. The van der Waals surface area contributed by atoms with E-state index in [0.717, 1.165) is 5.56 Å². The van der Waals surface area contributed by atoms with Gasteiger partial charge >= 0.3 is 0 Å². The molecule has 1 aromatic heterocycles. The molecular formula is C15H15ClN4O3. The molecule has 1 aromatic carbocycles. The van der Waals surface area contributed by atoms with Crippen molar-refractivity contribution in [3.05, 3.63) is 47.3 Å². The Kier molecular flexibility index (Phi) is 5.76. The summed E-state index contributed by atoms with van der Waals surface area (Å²) in [6.07, 6.45) is 5.84. The minimum absolute atomic E-state index is 0.238. The van der Waals surface area contributed by atoms with Crippen LogP contribution in [-0.4, -0.2) is 30.1 Å². The lowest BCUT2D eigenvalue weighted by atomic mass is 10.2. The second-order valence-electron chi connectivity index (χ2n) is 4.29. The van der Waals surface area contributed by atoms with E-state index in [-0.39, 0.29) is 11.9 Å². The number of methoxy groups -OCH3 is 2. The van der Waals surface area contributed by atoms with Gasteiger partial charge in [0.1, 0.15) is 0 Å². The van der Waals surface area contributed by atoms with Gasteiger partial charge < -0.3 is 9.47 Å². The molecular weight excluding hydrogens is 320 g/mol. The molecule has 0 spiro atoms. The Morgan fingerprint density at radius 2 is 1.87 bits per heavy atom. The molecule has 0 fully saturated rings. The Hall–Kier alpha value is -2.80. The number of ether oxygens (including phenoxy) is 2. The molecule has 0 aliphatic heterocycles. The van der Waals surface area contributed by atoms with E-state index in [1.54, 1.807) is 38.5 Å². The van der Waals surface area contributed by atoms with Crippen LogP contribution in [-0.2, 0) is 4.79 Å². The minimum atomic E-state index is -0.363. The molecule has 1 amide bonds. The fraction of sp³-hybridized carbons (Fsp3) is 0.133. The number of rotatable bonds is 6. The number of carbonyl (C=O) groups is 1. The van der Waals surface area contributed by atoms with E-state index < -0.39 is 0 Å². The quantitative estimate of drug-likeness (QED) is 0.623. The van der Waals surface area contributed by atoms with Gasteiger partial charge in [-0.15, -0.1) is 0 Å². The summed E-state index contributed by atoms with van der Waals surface area (Å²) in [6.45, 7) is 0. The molecule has 2 aromatic rings. The van der Waals surface area contributed by atoms with Crippen LogP contribution in [0.2, 0.25) is 5.02 Å². The van der Waals surface area contributed by atoms with Crippen molar-refractivity contribution >= 4 is 29.5 Å². The summed E-state index contributed by atoms with van der Waals surface area (Å²) >= 11 is 5.67. The van der Waals surface area contributed by atoms with E-state index in [1.165, 1.54) is 18.5 Å². The third kappa shape index (κ3) is 4.86. The van der Waals surface area contributed by atoms with Crippen LogP contribution in [0.4, 0.5) is 5.95 Å². The molecule has 0 unspecified atom stereocenters. The van der Waals surface area contributed by atoms with E-state index in [4.69, 9.17) is 21.1 Å². The highest BCUT2D eigenvalue weighted by atomic mass is 35.5. The van der Waals surface area contributed by atoms with Gasteiger partial charge in [0.25, 0.3) is 5.91 Å². The van der Waals surface area contributed by atoms with Crippen molar-refractivity contribution in [1.29, 1.82) is 0 Å². The van der Waals surface area contributed by atoms with Gasteiger partial charge in [-0.05, 0) is 23.8 Å². The Balaban J connectivity index is 1.94. The van der Waals surface area contributed by atoms with Crippen LogP contribution in [0.15, 0.2) is 36.7 Å². The summed E-state index contributed by atoms with van der Waals surface area (Å²) in [6, 6.07) is 5.33. The fourth-order valence-corrected chi connectivity index (χ4v) is 1.76. The summed E-state index contributed by atoms with van der Waals surface area (Å²) in [7, 11) is 3.11. The highest BCUT2D eigenvalue weighted by molar-refractivity contribution is 6.30. The lowest BCUT2D eigenvalue weighted by Gasteiger charge is -2.07. The molecule has 0 bridgehead atoms. The van der Waals surface area contributed by atoms with Crippen LogP contribution in [0.5, 0.6) is 11.5 Å². The molecule has 0 atom stereocenters. The summed E-state index contributed by atoms with van der Waals surface area (Å²) in [5.74, 6) is 1.08. The lowest BCUT2D eigenvalue weighted by molar-refractivity contribution is -0.116. The molecule has 2 rings (SSSR count). The molecule has 2 N–H and O–H groups in total. The second-order valence-corrected chi connectivity index (χ2v) is 4.72. The van der Waals surface area contributed by atoms with Gasteiger partial charge in [0, 0.05) is 6.08 Å². The van der Waals surface area contributed by atoms with E-state index in [0.29, 0.717) is 16.5 Å². The topological polar surface area (TPSA) is 85.4 Å². The first-order valence-electron chi connectivity index (χ1n) is 6.56. The number of carbonyl (C=O) groups excluding carboxylic acids is 1. The lowest BCUT2D eigenvalue weighted by Crippen LogP contribution is -2.28. The molecule has 0 saturated carbocycles. The van der Waals surface area contributed by atoms with Crippen LogP contribution >= 0.6 is 11.6 Å². The first kappa shape index (κ1) is 16.6. The maximum atomic E-state index is 11.7. The molecule has 120 valence electrons. The molecule has 0 saturated heterocycles. The van der Waals surface area contributed by atoms with Crippen molar-refractivity contribution in [3.63, 3.8) is 0 Å². The predicted molar refractivity (Wildman–Crippen MR) is 87.4 cm³/mol. The van der Waals surface area contributed by atoms with Crippen molar-refractivity contribution in [2.24, 2.45) is 0 Å². The monoisotopic (exact) mass is 334 g/mol. The number of amides is 1. The first-order chi connectivity index (χ1) is 11.1. The number of hydrazine groups is 1. The molecule has 7 nitrogen and oxygen atoms in total. The van der Waals surface area contributed by atoms with E-state index in [9.17, 15) is 4.79 Å². The maximum Gasteiger partial charge on any atom is 0.262 e. The van der Waals surface area contributed by atoms with Gasteiger partial charge in [-0.2, -0.15) is 0 Å². The van der Waals surface area contributed by atoms with Gasteiger partial charge in [0.05, 0.1) is 31.6 Å². The normalized spacial score (nSPS) is 10.4. The van der Waals surface area contributed by atoms with Gasteiger partial charge in [-0.25, -0.2) is 9.97 Å². The zero-order chi connectivity index (χ0) is 16.7. The predicted octanol–water partition coefficient (Wildman–Crippen LogP) is 2.30. The summed E-state index contributed by atoms with van der Waals surface area (Å²) in [4.78, 5) is 19.5. The third-order valence-electron chi connectivity index (χ3n) is 2.75. The van der Waals surface area contributed by atoms with E-state index >= 15 is 0 Å². The van der Waals surface area contributed by atoms with Crippen LogP contribution in [0, 0.1) is 0 Å². The average molecular weight is 335 g/mol. The Morgan fingerprint density at radius 1 is 1.17 bits per heavy atom. The molecule has 0 radical (unpaired) electrons. The van der Waals surface area contributed by atoms with E-state index in [1.807, 2.05) is 0 Å². The van der Waals surface area contributed by atoms with Gasteiger partial charge in [0.2, 0.25) is 5.95 Å². The largest absolute Gasteiger partial charge is 0.493 e. The average Bonchev–Trinajstić information content (AvgIpc) is 2.59. The van der Waals surface area contributed by atoms with Crippen molar-refractivity contribution in [2.75, 3.05) is 19.6 Å². The molecule has 1 heterocycles. The molecule has 23 heavy (non-hydrogen) atoms. The SMILES string of the molecule is COc1ccc(C=CC(=O)NNc2ncc(Cl)cn2)cc1OC. The number of nitrogens with one attached hydrogen (secondary N) is 2. The molecule has 0 aliphatic rings. The van der Waals surface area contributed by atoms with Gasteiger partial charge in [-0.1, -0.05) is 17.7 Å². The van der Waals surface area contributed by atoms with Crippen LogP contribution < -0.4 is 20.3 Å². The number of hydrogen-bond acceptors (Lipinski definition) is 6. The number of nitrogens with zero attached hydrogens (tertiary/aromatic N) is 2. The number of halogens is 1. The Labute approximate surface area is 138 Å². The van der Waals surface area contributed by atoms with Crippen molar-refractivity contribution in [3.8, 4) is 11.5 Å². The summed E-state index contributed by atoms with van der Waals surface area (Å²) < 4.78 is 10.4. The third-order valence-corrected chi connectivity index (χ3v) is 2.95. The van der Waals surface area contributed by atoms with E-state index in [2.05, 4.69) is 20.8 Å². The van der Waals surface area contributed by atoms with Crippen molar-refractivity contribution in [1.82, 2.24) is 15.4 Å². The zero-order valence-corrected chi connectivity index (χ0v) is 13.3. The first-order valence-corrected chi connectivity index (χ1v) is 6.94. The van der Waals surface area contributed by atoms with Gasteiger partial charge in [0.15, 0.2) is 11.5 Å². The minimum Gasteiger partial charge on any atom is -0.493 e. The van der Waals surface area contributed by atoms with Gasteiger partial charge in [-0.3, -0.25) is 15.6 Å². The number of hydrogen-bond donors (Lipinski definition) is 2. The zero-order valence-electron chi connectivity index (χ0n) is 12.5. The fourth-order valence-electron chi connectivity index (χ4n) is 1.66. The van der Waals surface area contributed by atoms with Crippen molar-refractivity contribution in [2.45, 2.75) is 0 Å². The Morgan fingerprint density at radius 3 is 2.52 bits per heavy atom. The van der Waals surface area contributed by atoms with Crippen LogP contribution in [0.1, 0.15) is 5.56 Å². The smallest absolute Gasteiger partial charge is 0.262 e. The highest BCUT2D eigenvalue weighted by Crippen LogP contribution is 2.27. The maximum absolute atomic E-state index is 11.7. The number of aromatic nitrogens is 2. The van der Waals surface area contributed by atoms with Crippen LogP contribution in [0.3, 0.4) is 0 Å². The van der Waals surface area contributed by atoms with Crippen LogP contribution in [0.25, 0.3) is 6.08 Å². The standard InChI is InChI=1S/C15H15ClN4O3/c1-22-12-5-3-10(7-13(12)23-2)4-6-14(21)19-20-15-17-8-11(16)9-18-15/h3-9H,1-2H3,(H,19,21)(H,17,18,20). The number of benzene rings is 1. The Bertz CT molecular complexity index is 704. The summed E-state index contributed by atoms with van der Waals surface area (Å²) in [5.41, 5.74) is 5.80.